The van der Waals surface area contributed by atoms with Gasteiger partial charge in [-0.15, -0.1) is 0 Å². The van der Waals surface area contributed by atoms with Gasteiger partial charge >= 0.3 is 0 Å². The molecule has 0 radical (unpaired) electrons. The number of benzene rings is 1. The number of hydrogen-bond acceptors (Lipinski definition) is 1. The number of aromatic hydroxyl groups is 1. The summed E-state index contributed by atoms with van der Waals surface area (Å²) in [7, 11) is 0. The highest BCUT2D eigenvalue weighted by Gasteiger charge is 2.49. The van der Waals surface area contributed by atoms with Crippen LogP contribution in [0.1, 0.15) is 50.5 Å². The van der Waals surface area contributed by atoms with Gasteiger partial charge in [0.2, 0.25) is 0 Å². The molecule has 4 aliphatic carbocycles. The van der Waals surface area contributed by atoms with Crippen LogP contribution < -0.4 is 5.32 Å². The van der Waals surface area contributed by atoms with Gasteiger partial charge in [0.05, 0.1) is 6.54 Å². The van der Waals surface area contributed by atoms with Gasteiger partial charge in [0.1, 0.15) is 12.3 Å². The average molecular weight is 286 g/mol. The minimum atomic E-state index is 0.455. The highest BCUT2D eigenvalue weighted by molar-refractivity contribution is 5.30. The Morgan fingerprint density at radius 3 is 2.38 bits per heavy atom. The predicted octanol–water partition coefficient (Wildman–Crippen LogP) is 3.06. The second-order valence-corrected chi connectivity index (χ2v) is 8.08. The zero-order valence-electron chi connectivity index (χ0n) is 12.9. The van der Waals surface area contributed by atoms with Crippen LogP contribution in [-0.2, 0) is 6.54 Å². The Bertz CT molecular complexity index is 496. The van der Waals surface area contributed by atoms with Crippen LogP contribution in [0.15, 0.2) is 24.3 Å². The van der Waals surface area contributed by atoms with Crippen molar-refractivity contribution in [1.29, 1.82) is 0 Å². The van der Waals surface area contributed by atoms with E-state index < -0.39 is 0 Å². The minimum absolute atomic E-state index is 0.455. The van der Waals surface area contributed by atoms with Gasteiger partial charge in [0.15, 0.2) is 0 Å². The van der Waals surface area contributed by atoms with Crippen molar-refractivity contribution in [3.8, 4) is 5.75 Å². The van der Waals surface area contributed by atoms with Crippen molar-refractivity contribution in [2.45, 2.75) is 51.5 Å². The molecule has 5 rings (SSSR count). The lowest BCUT2D eigenvalue weighted by Crippen LogP contribution is -2.86. The first-order valence-corrected chi connectivity index (χ1v) is 8.81. The van der Waals surface area contributed by atoms with E-state index in [1.807, 2.05) is 12.1 Å². The predicted molar refractivity (Wildman–Crippen MR) is 83.8 cm³/mol. The molecule has 0 amide bonds. The summed E-state index contributed by atoms with van der Waals surface area (Å²) in [6, 6.07) is 7.79. The van der Waals surface area contributed by atoms with Crippen molar-refractivity contribution in [3.05, 3.63) is 29.8 Å². The maximum Gasteiger partial charge on any atom is 0.124 e. The number of nitrogens with two attached hydrogens (primary N) is 1. The van der Waals surface area contributed by atoms with Crippen LogP contribution >= 0.6 is 0 Å². The van der Waals surface area contributed by atoms with E-state index in [1.165, 1.54) is 51.5 Å². The van der Waals surface area contributed by atoms with E-state index in [0.29, 0.717) is 11.2 Å². The van der Waals surface area contributed by atoms with Gasteiger partial charge in [-0.2, -0.15) is 0 Å². The Morgan fingerprint density at radius 1 is 1.00 bits per heavy atom. The smallest absolute Gasteiger partial charge is 0.124 e. The third-order valence-corrected chi connectivity index (χ3v) is 6.41. The Balaban J connectivity index is 1.41. The molecule has 4 fully saturated rings. The van der Waals surface area contributed by atoms with Crippen molar-refractivity contribution in [1.82, 2.24) is 0 Å². The van der Waals surface area contributed by atoms with Crippen LogP contribution in [0.2, 0.25) is 0 Å². The molecule has 2 heteroatoms. The van der Waals surface area contributed by atoms with E-state index in [2.05, 4.69) is 11.4 Å². The molecule has 114 valence electrons. The fraction of sp³-hybridized carbons (Fsp3) is 0.684. The third-order valence-electron chi connectivity index (χ3n) is 6.41. The monoisotopic (exact) mass is 286 g/mol. The highest BCUT2D eigenvalue weighted by Crippen LogP contribution is 2.57. The molecule has 0 aliphatic heterocycles. The molecular formula is C19H28NO+. The highest BCUT2D eigenvalue weighted by atomic mass is 16.3. The topological polar surface area (TPSA) is 36.8 Å². The molecule has 3 N–H and O–H groups in total. The molecule has 1 aromatic rings. The van der Waals surface area contributed by atoms with Gasteiger partial charge in [0, 0.05) is 11.0 Å². The lowest BCUT2D eigenvalue weighted by atomic mass is 9.58. The van der Waals surface area contributed by atoms with Crippen LogP contribution in [0.3, 0.4) is 0 Å². The minimum Gasteiger partial charge on any atom is -0.507 e. The summed E-state index contributed by atoms with van der Waals surface area (Å²) in [6.45, 7) is 2.19. The fourth-order valence-corrected chi connectivity index (χ4v) is 5.84. The third kappa shape index (κ3) is 2.70. The van der Waals surface area contributed by atoms with Crippen LogP contribution in [0.25, 0.3) is 0 Å². The molecular weight excluding hydrogens is 258 g/mol. The van der Waals surface area contributed by atoms with Crippen LogP contribution in [0, 0.1) is 23.2 Å². The van der Waals surface area contributed by atoms with E-state index in [0.717, 1.165) is 29.9 Å². The summed E-state index contributed by atoms with van der Waals surface area (Å²) in [5.41, 5.74) is 1.71. The standard InChI is InChI=1S/C19H27NO/c21-18-4-2-1-3-17(18)12-20-13-19-9-14-5-6-15(10-19)8-16(7-14)11-19/h1-4,14-16,20-21H,5-13H2/p+1/t14-,15+,16?,19?. The van der Waals surface area contributed by atoms with E-state index >= 15 is 0 Å². The van der Waals surface area contributed by atoms with Gasteiger partial charge in [-0.05, 0) is 62.0 Å². The van der Waals surface area contributed by atoms with Crippen LogP contribution in [-0.4, -0.2) is 11.7 Å². The summed E-state index contributed by atoms with van der Waals surface area (Å²) in [6.07, 6.45) is 10.5. The van der Waals surface area contributed by atoms with Gasteiger partial charge in [-0.3, -0.25) is 0 Å². The zero-order chi connectivity index (χ0) is 14.3. The lowest BCUT2D eigenvalue weighted by molar-refractivity contribution is -0.683. The molecule has 21 heavy (non-hydrogen) atoms. The van der Waals surface area contributed by atoms with Gasteiger partial charge in [-0.1, -0.05) is 25.0 Å². The van der Waals surface area contributed by atoms with E-state index in [-0.39, 0.29) is 0 Å². The number of phenolic OH excluding ortho intramolecular Hbond substituents is 1. The largest absolute Gasteiger partial charge is 0.507 e. The van der Waals surface area contributed by atoms with Crippen LogP contribution in [0.5, 0.6) is 5.75 Å². The molecule has 4 saturated carbocycles. The normalized spacial score (nSPS) is 37.6. The zero-order valence-corrected chi connectivity index (χ0v) is 12.9. The fourth-order valence-electron chi connectivity index (χ4n) is 5.84. The summed E-state index contributed by atoms with van der Waals surface area (Å²) < 4.78 is 0. The van der Waals surface area contributed by atoms with Crippen molar-refractivity contribution in [2.75, 3.05) is 6.54 Å². The van der Waals surface area contributed by atoms with Gasteiger partial charge in [0.25, 0.3) is 0 Å². The summed E-state index contributed by atoms with van der Waals surface area (Å²) in [4.78, 5) is 0. The van der Waals surface area contributed by atoms with Crippen molar-refractivity contribution in [2.24, 2.45) is 23.2 Å². The Labute approximate surface area is 128 Å². The summed E-state index contributed by atoms with van der Waals surface area (Å²) >= 11 is 0. The van der Waals surface area contributed by atoms with Crippen molar-refractivity contribution < 1.29 is 10.4 Å². The van der Waals surface area contributed by atoms with Gasteiger partial charge < -0.3 is 10.4 Å². The number of phenols is 1. The average Bonchev–Trinajstić information content (AvgIpc) is 2.67. The molecule has 0 aromatic heterocycles. The van der Waals surface area contributed by atoms with E-state index in [1.54, 1.807) is 6.07 Å². The molecule has 1 aromatic carbocycles. The molecule has 0 spiro atoms. The number of hydrogen-bond donors (Lipinski definition) is 2. The quantitative estimate of drug-likeness (QED) is 0.877. The first-order valence-electron chi connectivity index (χ1n) is 8.81. The summed E-state index contributed by atoms with van der Waals surface area (Å²) in [5, 5.41) is 12.4. The molecule has 2 unspecified atom stereocenters. The number of para-hydroxylation sites is 1. The summed E-state index contributed by atoms with van der Waals surface area (Å²) in [5.74, 6) is 3.53. The first kappa shape index (κ1) is 13.6. The molecule has 0 heterocycles. The molecule has 4 aliphatic rings. The van der Waals surface area contributed by atoms with Crippen LogP contribution in [0.4, 0.5) is 0 Å². The Hall–Kier alpha value is -1.02. The number of quaternary nitrogens is 1. The maximum atomic E-state index is 9.90. The second kappa shape index (κ2) is 5.31. The lowest BCUT2D eigenvalue weighted by Gasteiger charge is -2.47. The van der Waals surface area contributed by atoms with E-state index in [9.17, 15) is 5.11 Å². The van der Waals surface area contributed by atoms with Crippen molar-refractivity contribution in [3.63, 3.8) is 0 Å². The molecule has 4 bridgehead atoms. The molecule has 0 saturated heterocycles. The SMILES string of the molecule is Oc1ccccc1C[NH2+]CC12CC3C[C@@H](CC[C@@H](C3)C1)C2. The maximum absolute atomic E-state index is 9.90. The molecule has 2 nitrogen and oxygen atoms in total. The first-order chi connectivity index (χ1) is 10.2. The second-order valence-electron chi connectivity index (χ2n) is 8.08. The Kier molecular flexibility index (Phi) is 3.45. The van der Waals surface area contributed by atoms with Gasteiger partial charge in [-0.25, -0.2) is 0 Å². The van der Waals surface area contributed by atoms with Crippen molar-refractivity contribution >= 4 is 0 Å². The molecule has 4 atom stereocenters. The number of rotatable bonds is 4. The Morgan fingerprint density at radius 2 is 1.67 bits per heavy atom. The van der Waals surface area contributed by atoms with E-state index in [4.69, 9.17) is 0 Å². The number of fused-ring (bicyclic) bond motifs is 1.